The van der Waals surface area contributed by atoms with Crippen LogP contribution < -0.4 is 0 Å². The van der Waals surface area contributed by atoms with Gasteiger partial charge >= 0.3 is 0 Å². The molecular formula is C59H40N2. The van der Waals surface area contributed by atoms with Crippen LogP contribution in [0.1, 0.15) is 25.0 Å². The number of hydrogen-bond acceptors (Lipinski definition) is 0. The summed E-state index contributed by atoms with van der Waals surface area (Å²) in [6.45, 7) is 4.75. The van der Waals surface area contributed by atoms with Crippen molar-refractivity contribution in [2.75, 3.05) is 0 Å². The van der Waals surface area contributed by atoms with Crippen LogP contribution in [0.15, 0.2) is 206 Å². The van der Waals surface area contributed by atoms with E-state index in [2.05, 4.69) is 229 Å². The fourth-order valence-corrected chi connectivity index (χ4v) is 10.7. The van der Waals surface area contributed by atoms with Gasteiger partial charge in [-0.05, 0) is 139 Å². The molecule has 0 saturated heterocycles. The quantitative estimate of drug-likeness (QED) is 0.168. The maximum absolute atomic E-state index is 2.44. The van der Waals surface area contributed by atoms with E-state index < -0.39 is 0 Å². The average molecular weight is 777 g/mol. The monoisotopic (exact) mass is 776 g/mol. The zero-order chi connectivity index (χ0) is 40.4. The lowest BCUT2D eigenvalue weighted by atomic mass is 9.81. The van der Waals surface area contributed by atoms with Gasteiger partial charge in [0.15, 0.2) is 0 Å². The molecule has 0 aliphatic heterocycles. The van der Waals surface area contributed by atoms with Crippen LogP contribution in [0.5, 0.6) is 0 Å². The molecule has 61 heavy (non-hydrogen) atoms. The molecule has 0 spiro atoms. The molecule has 1 aliphatic carbocycles. The van der Waals surface area contributed by atoms with Crippen molar-refractivity contribution in [3.8, 4) is 44.8 Å². The molecule has 0 N–H and O–H groups in total. The van der Waals surface area contributed by atoms with Gasteiger partial charge in [0.1, 0.15) is 0 Å². The summed E-state index contributed by atoms with van der Waals surface area (Å²) in [4.78, 5) is 0. The third-order valence-corrected chi connectivity index (χ3v) is 13.7. The SMILES string of the molecule is CC1(C)c2cc(-c3ccc4ccc(-n5c6ccccc6c6cc(-c7ccc8c(c7)c7ccccc7n8-c7ccccc7)ccc65)cc4c3)ccc2-c2c1ccc1ccccc21. The van der Waals surface area contributed by atoms with Gasteiger partial charge in [-0.1, -0.05) is 147 Å². The molecule has 0 unspecified atom stereocenters. The second kappa shape index (κ2) is 12.7. The van der Waals surface area contributed by atoms with Crippen LogP contribution in [0.2, 0.25) is 0 Å². The minimum Gasteiger partial charge on any atom is -0.309 e. The minimum absolute atomic E-state index is 0.0827. The largest absolute Gasteiger partial charge is 0.309 e. The summed E-state index contributed by atoms with van der Waals surface area (Å²) in [5.41, 5.74) is 17.6. The lowest BCUT2D eigenvalue weighted by Gasteiger charge is -2.22. The predicted molar refractivity (Wildman–Crippen MR) is 259 cm³/mol. The Hall–Kier alpha value is -7.68. The van der Waals surface area contributed by atoms with Crippen LogP contribution in [0.3, 0.4) is 0 Å². The number of aromatic nitrogens is 2. The molecule has 0 saturated carbocycles. The van der Waals surface area contributed by atoms with Gasteiger partial charge in [0.2, 0.25) is 0 Å². The highest BCUT2D eigenvalue weighted by Gasteiger charge is 2.36. The first-order valence-electron chi connectivity index (χ1n) is 21.3. The summed E-state index contributed by atoms with van der Waals surface area (Å²) in [6.07, 6.45) is 0. The van der Waals surface area contributed by atoms with Gasteiger partial charge in [-0.2, -0.15) is 0 Å². The van der Waals surface area contributed by atoms with E-state index >= 15 is 0 Å². The number of nitrogens with zero attached hydrogens (tertiary/aromatic N) is 2. The summed E-state index contributed by atoms with van der Waals surface area (Å²) >= 11 is 0. The van der Waals surface area contributed by atoms with Gasteiger partial charge < -0.3 is 9.13 Å². The minimum atomic E-state index is -0.0827. The highest BCUT2D eigenvalue weighted by Crippen LogP contribution is 2.52. The Morgan fingerprint density at radius 2 is 0.836 bits per heavy atom. The van der Waals surface area contributed by atoms with E-state index in [0.29, 0.717) is 0 Å². The molecule has 13 rings (SSSR count). The fraction of sp³-hybridized carbons (Fsp3) is 0.0508. The number of fused-ring (bicyclic) bond motifs is 12. The van der Waals surface area contributed by atoms with Crippen LogP contribution in [-0.2, 0) is 5.41 Å². The number of rotatable bonds is 4. The van der Waals surface area contributed by atoms with Crippen LogP contribution in [-0.4, -0.2) is 9.13 Å². The van der Waals surface area contributed by atoms with E-state index in [9.17, 15) is 0 Å². The van der Waals surface area contributed by atoms with E-state index in [1.807, 2.05) is 0 Å². The molecule has 0 amide bonds. The molecule has 1 aliphatic rings. The fourth-order valence-electron chi connectivity index (χ4n) is 10.7. The topological polar surface area (TPSA) is 9.86 Å². The maximum atomic E-state index is 2.44. The normalized spacial score (nSPS) is 13.2. The van der Waals surface area contributed by atoms with E-state index in [-0.39, 0.29) is 5.41 Å². The lowest BCUT2D eigenvalue weighted by molar-refractivity contribution is 0.661. The van der Waals surface area contributed by atoms with E-state index in [1.165, 1.54) is 115 Å². The van der Waals surface area contributed by atoms with Crippen molar-refractivity contribution < 1.29 is 0 Å². The summed E-state index contributed by atoms with van der Waals surface area (Å²) in [6, 6.07) is 76.6. The third-order valence-electron chi connectivity index (χ3n) is 13.7. The first-order chi connectivity index (χ1) is 30.0. The molecule has 2 nitrogen and oxygen atoms in total. The first-order valence-corrected chi connectivity index (χ1v) is 21.3. The van der Waals surface area contributed by atoms with E-state index in [1.54, 1.807) is 0 Å². The van der Waals surface area contributed by atoms with Crippen molar-refractivity contribution in [1.82, 2.24) is 9.13 Å². The summed E-state index contributed by atoms with van der Waals surface area (Å²) < 4.78 is 4.82. The molecule has 0 fully saturated rings. The lowest BCUT2D eigenvalue weighted by Crippen LogP contribution is -2.15. The standard InChI is InChI=1S/C59H40N2/c1-59(2)52-29-24-38-12-6-7-15-46(38)58(52)49-28-23-42(36-53(49)59)39-21-20-37-22-27-45(33-43(37)32-39)61-55-19-11-9-17-48(55)51-35-41(26-31-57(51)61)40-25-30-56-50(34-40)47-16-8-10-18-54(47)60(56)44-13-4-3-5-14-44/h3-36H,1-2H3. The van der Waals surface area contributed by atoms with Crippen molar-refractivity contribution >= 4 is 65.2 Å². The number of hydrogen-bond donors (Lipinski definition) is 0. The van der Waals surface area contributed by atoms with Gasteiger partial charge in [0.25, 0.3) is 0 Å². The second-order valence-corrected chi connectivity index (χ2v) is 17.3. The Morgan fingerprint density at radius 3 is 1.56 bits per heavy atom. The highest BCUT2D eigenvalue weighted by molar-refractivity contribution is 6.13. The molecule has 12 aromatic rings. The number of benzene rings is 10. The van der Waals surface area contributed by atoms with Gasteiger partial charge in [0, 0.05) is 38.3 Å². The molecule has 2 heterocycles. The average Bonchev–Trinajstić information content (AvgIpc) is 3.91. The smallest absolute Gasteiger partial charge is 0.0541 e. The molecule has 2 heteroatoms. The van der Waals surface area contributed by atoms with Gasteiger partial charge in [-0.15, -0.1) is 0 Å². The molecule has 0 atom stereocenters. The second-order valence-electron chi connectivity index (χ2n) is 17.3. The van der Waals surface area contributed by atoms with Gasteiger partial charge in [0.05, 0.1) is 22.1 Å². The number of para-hydroxylation sites is 3. The Bertz CT molecular complexity index is 3780. The third kappa shape index (κ3) is 4.97. The van der Waals surface area contributed by atoms with Crippen LogP contribution in [0.4, 0.5) is 0 Å². The summed E-state index contributed by atoms with van der Waals surface area (Å²) in [5, 5.41) is 10.1. The predicted octanol–water partition coefficient (Wildman–Crippen LogP) is 15.8. The van der Waals surface area contributed by atoms with Crippen LogP contribution >= 0.6 is 0 Å². The molecular weight excluding hydrogens is 737 g/mol. The van der Waals surface area contributed by atoms with Crippen molar-refractivity contribution in [3.05, 3.63) is 217 Å². The van der Waals surface area contributed by atoms with Crippen LogP contribution in [0, 0.1) is 0 Å². The molecule has 0 radical (unpaired) electrons. The molecule has 0 bridgehead atoms. The Balaban J connectivity index is 0.913. The summed E-state index contributed by atoms with van der Waals surface area (Å²) in [7, 11) is 0. The van der Waals surface area contributed by atoms with Gasteiger partial charge in [-0.3, -0.25) is 0 Å². The summed E-state index contributed by atoms with van der Waals surface area (Å²) in [5.74, 6) is 0. The zero-order valence-electron chi connectivity index (χ0n) is 34.0. The highest BCUT2D eigenvalue weighted by atomic mass is 15.0. The van der Waals surface area contributed by atoms with Crippen molar-refractivity contribution in [3.63, 3.8) is 0 Å². The van der Waals surface area contributed by atoms with Crippen LogP contribution in [0.25, 0.3) is 110 Å². The molecule has 10 aromatic carbocycles. The van der Waals surface area contributed by atoms with E-state index in [4.69, 9.17) is 0 Å². The van der Waals surface area contributed by atoms with Crippen molar-refractivity contribution in [2.24, 2.45) is 0 Å². The van der Waals surface area contributed by atoms with E-state index in [0.717, 1.165) is 5.69 Å². The van der Waals surface area contributed by atoms with Gasteiger partial charge in [-0.25, -0.2) is 0 Å². The zero-order valence-corrected chi connectivity index (χ0v) is 34.0. The molecule has 2 aromatic heterocycles. The van der Waals surface area contributed by atoms with Crippen molar-refractivity contribution in [2.45, 2.75) is 19.3 Å². The Labute approximate surface area is 354 Å². The molecule has 286 valence electrons. The van der Waals surface area contributed by atoms with Crippen molar-refractivity contribution in [1.29, 1.82) is 0 Å². The first kappa shape index (κ1) is 34.2. The maximum Gasteiger partial charge on any atom is 0.0541 e. The Kier molecular flexibility index (Phi) is 7.10. The Morgan fingerprint density at radius 1 is 0.311 bits per heavy atom.